The lowest BCUT2D eigenvalue weighted by Crippen LogP contribution is -2.41. The summed E-state index contributed by atoms with van der Waals surface area (Å²) in [6, 6.07) is 12.0. The molecule has 43 heteroatoms. The normalized spacial score (nSPS) is 21.6. The fourth-order valence-electron chi connectivity index (χ4n) is 21.2. The van der Waals surface area contributed by atoms with Crippen LogP contribution in [0.2, 0.25) is 0 Å². The Labute approximate surface area is 843 Å². The highest BCUT2D eigenvalue weighted by Crippen LogP contribution is 2.37. The first kappa shape index (κ1) is 98.8. The van der Waals surface area contributed by atoms with Crippen LogP contribution in [0.15, 0.2) is 151 Å². The van der Waals surface area contributed by atoms with E-state index in [1.165, 1.54) is 0 Å². The Morgan fingerprint density at radius 2 is 0.767 bits per heavy atom. The van der Waals surface area contributed by atoms with E-state index in [0.29, 0.717) is 160 Å². The molecule has 43 nitrogen and oxygen atoms in total. The summed E-state index contributed by atoms with van der Waals surface area (Å²) < 4.78 is 9.98. The number of aliphatic imine (C=N–C) groups is 1. The molecular weight excluding hydrogens is 1860 g/mol. The molecule has 12 aromatic rings. The Bertz CT molecular complexity index is 7260. The minimum Gasteiger partial charge on any atom is -0.386 e. The van der Waals surface area contributed by atoms with Crippen LogP contribution >= 0.6 is 0 Å². The zero-order valence-electron chi connectivity index (χ0n) is 83.6. The number of rotatable bonds is 6. The average Bonchev–Trinajstić information content (AvgIpc) is 1.64. The number of carbonyl (C=O) groups is 8. The number of anilines is 12. The fourth-order valence-corrected chi connectivity index (χ4v) is 21.2. The molecule has 3 saturated heterocycles. The first-order chi connectivity index (χ1) is 70.9. The topological polar surface area (TPSA) is 505 Å². The number of fused-ring (bicyclic) bond motifs is 16. The SMILES string of the molecule is C=C1C=C2C=C(CCCCC(=O)c3cnn4c(NC)cc(nc34)N2)N1.C=C1CC2CC(CCCCC(=O)c3cnn4c(NC)cc(nc34)N2)N1.C=C1CC2CN1CCCCC(=O)c1cnn3c(NC)cc(nc13)N2.CNc1cc2nc3c(cnn13)C(=O)CCCCC1=NC(=CC1)N2.CNc1cc2nc3c(cnn13)C(=O)CCCCC1CC(=O)C(C1)N2.CNc1cc2nc3c(cnn13)C(=O)CCCCC1CC(N2)C(=O)N1C. The number of hydrogen-bond acceptors (Lipinski definition) is 36. The van der Waals surface area contributed by atoms with Gasteiger partial charge in [0.1, 0.15) is 81.7 Å². The smallest absolute Gasteiger partial charge is 0.245 e. The molecule has 1 amide bonds. The first-order valence-electron chi connectivity index (χ1n) is 50.9. The number of hydrogen-bond donors (Lipinski definition) is 14. The molecule has 24 bridgehead atoms. The number of likely N-dealkylation sites (N-methyl/N-ethyl adjacent to an activating group) is 1. The maximum Gasteiger partial charge on any atom is 0.245 e. The number of amides is 1. The van der Waals surface area contributed by atoms with E-state index in [4.69, 9.17) is 4.98 Å². The molecule has 23 heterocycles. The molecule has 12 aliphatic rings. The largest absolute Gasteiger partial charge is 0.386 e. The lowest BCUT2D eigenvalue weighted by atomic mass is 9.93. The van der Waals surface area contributed by atoms with E-state index in [2.05, 4.69) is 172 Å². The Kier molecular flexibility index (Phi) is 29.5. The third-order valence-corrected chi connectivity index (χ3v) is 28.8. The van der Waals surface area contributed by atoms with Gasteiger partial charge in [-0.05, 0) is 133 Å². The van der Waals surface area contributed by atoms with Crippen LogP contribution < -0.4 is 74.4 Å². The van der Waals surface area contributed by atoms with Crippen LogP contribution in [0, 0.1) is 5.92 Å². The van der Waals surface area contributed by atoms with Gasteiger partial charge in [0.05, 0.1) is 82.6 Å². The van der Waals surface area contributed by atoms with Crippen molar-refractivity contribution in [2.45, 2.75) is 229 Å². The zero-order chi connectivity index (χ0) is 102. The Hall–Kier alpha value is -16.0. The van der Waals surface area contributed by atoms with Crippen LogP contribution in [0.5, 0.6) is 0 Å². The van der Waals surface area contributed by atoms with E-state index in [9.17, 15) is 38.4 Å². The first-order valence-corrected chi connectivity index (χ1v) is 50.9. The maximum absolute atomic E-state index is 12.6. The second-order valence-corrected chi connectivity index (χ2v) is 39.0. The minimum atomic E-state index is -0.280. The van der Waals surface area contributed by atoms with Crippen molar-refractivity contribution in [2.75, 3.05) is 126 Å². The van der Waals surface area contributed by atoms with Crippen molar-refractivity contribution in [3.63, 3.8) is 0 Å². The summed E-state index contributed by atoms with van der Waals surface area (Å²) in [6.45, 7) is 14.2. The molecule has 1 saturated carbocycles. The second kappa shape index (κ2) is 43.7. The van der Waals surface area contributed by atoms with E-state index in [1.807, 2.05) is 82.6 Å². The van der Waals surface area contributed by atoms with Gasteiger partial charge in [-0.2, -0.15) is 57.7 Å². The maximum atomic E-state index is 12.6. The third kappa shape index (κ3) is 21.6. The Morgan fingerprint density at radius 3 is 1.24 bits per heavy atom. The number of piperidine rings is 1. The summed E-state index contributed by atoms with van der Waals surface area (Å²) in [5.41, 5.74) is 13.1. The molecule has 0 spiro atoms. The van der Waals surface area contributed by atoms with Gasteiger partial charge in [-0.25, -0.2) is 34.9 Å². The van der Waals surface area contributed by atoms with Gasteiger partial charge in [0, 0.05) is 215 Å². The highest BCUT2D eigenvalue weighted by molar-refractivity contribution is 6.06. The highest BCUT2D eigenvalue weighted by Gasteiger charge is 2.39. The lowest BCUT2D eigenvalue weighted by Gasteiger charge is -2.33. The average molecular weight is 1980 g/mol. The van der Waals surface area contributed by atoms with Crippen molar-refractivity contribution in [3.05, 3.63) is 179 Å². The summed E-state index contributed by atoms with van der Waals surface area (Å²) >= 11 is 0. The van der Waals surface area contributed by atoms with Gasteiger partial charge in [0.25, 0.3) is 0 Å². The second-order valence-electron chi connectivity index (χ2n) is 39.0. The highest BCUT2D eigenvalue weighted by atomic mass is 16.2. The number of nitrogens with one attached hydrogen (secondary N) is 14. The molecule has 0 radical (unpaired) electrons. The van der Waals surface area contributed by atoms with E-state index in [-0.39, 0.29) is 64.5 Å². The van der Waals surface area contributed by atoms with E-state index >= 15 is 0 Å². The molecule has 12 aromatic heterocycles. The van der Waals surface area contributed by atoms with Crippen molar-refractivity contribution < 1.29 is 38.4 Å². The standard InChI is InChI=1S/C18H24N6O.C18H20N6O.C17H22N6O2.C17H22N6O.C17H21N5O2.C16H18N6O/c2*1-11-7-13-8-12(21-11)5-3-4-6-15(25)14-10-20-24-17(19-2)9-16(22-13)23-18(14)24;1-18-15-8-14-20-12-7-10(22(2)17(12)25)5-3-4-6-13(24)11-9-19-23(15)16(11)21-14;1-11-7-12-10-22(11)6-4-3-5-14(24)13-9-19-23-16(18-2)8-15(20-12)21-17(13)23;1-18-16-8-15-20-12-6-10(7-14(12)24)4-2-3-5-13(23)11-9-19-22(16)17(11)21-15;1-17-15-8-14-20-13-7-6-10(19-13)4-2-3-5-12(23)11-9-18-22(15)16(11)21-14/h9-10,12-13,19,21H,1,3-8H2,2H3,(H,22,23);7-10,19,21H,1,3-6H2,2H3,(H,22,23);8-10,12,18H,3-7H2,1-2H3,(H,20,21);8-9,12,18H,1,3-7,10H2,2H3,(H,20,21);8-10,12,18H,2-7H2,1H3,(H,20,21);7-9,17H,2-6H2,1H3,(H,20,21). The van der Waals surface area contributed by atoms with Gasteiger partial charge in [0.15, 0.2) is 74.4 Å². The summed E-state index contributed by atoms with van der Waals surface area (Å²) in [4.78, 5) is 137. The monoisotopic (exact) mass is 1980 g/mol. The quantitative estimate of drug-likeness (QED) is 0.0735. The predicted octanol–water partition coefficient (Wildman–Crippen LogP) is 14.0. The number of allylic oxidation sites excluding steroid dienone is 4. The van der Waals surface area contributed by atoms with Crippen LogP contribution in [-0.4, -0.2) is 248 Å². The van der Waals surface area contributed by atoms with Gasteiger partial charge in [-0.15, -0.1) is 0 Å². The van der Waals surface area contributed by atoms with Gasteiger partial charge in [0.2, 0.25) is 5.91 Å². The number of carbonyl (C=O) groups excluding carboxylic acids is 8. The molecule has 7 unspecified atom stereocenters. The third-order valence-electron chi connectivity index (χ3n) is 28.8. The molecule has 11 aliphatic heterocycles. The molecule has 0 aromatic carbocycles. The van der Waals surface area contributed by atoms with Crippen LogP contribution in [-0.2, 0) is 9.59 Å². The number of aromatic nitrogens is 18. The van der Waals surface area contributed by atoms with Crippen molar-refractivity contribution in [1.82, 2.24) is 108 Å². The summed E-state index contributed by atoms with van der Waals surface area (Å²) in [6.07, 6.45) is 40.5. The molecule has 24 rings (SSSR count). The van der Waals surface area contributed by atoms with Crippen molar-refractivity contribution >= 4 is 156 Å². The van der Waals surface area contributed by atoms with Gasteiger partial charge >= 0.3 is 0 Å². The van der Waals surface area contributed by atoms with Crippen LogP contribution in [0.25, 0.3) is 33.9 Å². The van der Waals surface area contributed by atoms with E-state index in [0.717, 1.165) is 247 Å². The van der Waals surface area contributed by atoms with Crippen LogP contribution in [0.3, 0.4) is 0 Å². The van der Waals surface area contributed by atoms with Gasteiger partial charge in [-0.1, -0.05) is 39.0 Å². The number of ketones is 7. The summed E-state index contributed by atoms with van der Waals surface area (Å²) in [7, 11) is 12.8. The number of Topliss-reactive ketones (excluding diaryl/α,β-unsaturated/α-hetero) is 7. The molecule has 14 N–H and O–H groups in total. The zero-order valence-corrected chi connectivity index (χ0v) is 83.6. The van der Waals surface area contributed by atoms with Crippen LogP contribution in [0.1, 0.15) is 255 Å². The number of likely N-dealkylation sites (tertiary alicyclic amines) is 1. The summed E-state index contributed by atoms with van der Waals surface area (Å²) in [5, 5.41) is 71.4. The predicted molar refractivity (Wildman–Crippen MR) is 562 cm³/mol. The Morgan fingerprint density at radius 1 is 0.370 bits per heavy atom. The van der Waals surface area contributed by atoms with Crippen molar-refractivity contribution in [2.24, 2.45) is 10.9 Å². The molecule has 7 atom stereocenters. The molecule has 4 fully saturated rings. The molecule has 1 aliphatic carbocycles. The van der Waals surface area contributed by atoms with Gasteiger partial charge in [-0.3, -0.25) is 38.4 Å². The van der Waals surface area contributed by atoms with E-state index < -0.39 is 0 Å². The Balaban J connectivity index is 0.000000111. The lowest BCUT2D eigenvalue weighted by molar-refractivity contribution is -0.128. The fraction of sp³-hybridized carbons (Fsp3) is 0.447. The van der Waals surface area contributed by atoms with Crippen molar-refractivity contribution in [1.29, 1.82) is 0 Å². The van der Waals surface area contributed by atoms with Crippen LogP contribution in [0.4, 0.5) is 69.8 Å². The van der Waals surface area contributed by atoms with E-state index in [1.54, 1.807) is 78.4 Å². The molecule has 146 heavy (non-hydrogen) atoms. The number of nitrogens with zero attached hydrogens (tertiary/aromatic N) is 21. The van der Waals surface area contributed by atoms with Gasteiger partial charge < -0.3 is 84.2 Å². The number of dihydropyridines is 1. The summed E-state index contributed by atoms with van der Waals surface area (Å²) in [5.74, 6) is 10.8. The van der Waals surface area contributed by atoms with Crippen molar-refractivity contribution in [3.8, 4) is 0 Å². The molecular formula is C103H127N35O8. The minimum absolute atomic E-state index is 0.0653. The molecule has 762 valence electrons.